The maximum Gasteiger partial charge on any atom is 0.115 e. The van der Waals surface area contributed by atoms with Crippen LogP contribution in [0.1, 0.15) is 5.56 Å². The van der Waals surface area contributed by atoms with Crippen molar-refractivity contribution in [3.8, 4) is 5.75 Å². The molecule has 0 aliphatic carbocycles. The van der Waals surface area contributed by atoms with Crippen molar-refractivity contribution in [2.24, 2.45) is 0 Å². The second-order valence-corrected chi connectivity index (χ2v) is 4.02. The Labute approximate surface area is 97.0 Å². The van der Waals surface area contributed by atoms with Crippen molar-refractivity contribution in [3.63, 3.8) is 0 Å². The fourth-order valence-electron chi connectivity index (χ4n) is 1.58. The molecule has 0 saturated heterocycles. The molecule has 3 heteroatoms. The predicted octanol–water partition coefficient (Wildman–Crippen LogP) is 2.02. The van der Waals surface area contributed by atoms with E-state index in [1.54, 1.807) is 19.2 Å². The van der Waals surface area contributed by atoms with Crippen LogP contribution >= 0.6 is 0 Å². The molecule has 0 unspecified atom stereocenters. The Balaban J connectivity index is 2.75. The van der Waals surface area contributed by atoms with Gasteiger partial charge in [0.05, 0.1) is 13.2 Å². The summed E-state index contributed by atoms with van der Waals surface area (Å²) in [6, 6.07) is 7.35. The van der Waals surface area contributed by atoms with Crippen LogP contribution in [-0.4, -0.2) is 37.3 Å². The summed E-state index contributed by atoms with van der Waals surface area (Å²) in [5.74, 6) is 1.04. The van der Waals surface area contributed by atoms with Gasteiger partial charge in [0.15, 0.2) is 0 Å². The Bertz CT molecular complexity index is 343. The lowest BCUT2D eigenvalue weighted by molar-refractivity contribution is 0.196. The molecule has 1 rings (SSSR count). The molecule has 0 spiro atoms. The molecule has 0 heterocycles. The van der Waals surface area contributed by atoms with E-state index in [0.29, 0.717) is 0 Å². The molecule has 88 valence electrons. The Morgan fingerprint density at radius 3 is 2.38 bits per heavy atom. The first kappa shape index (κ1) is 12.6. The molecule has 1 N–H and O–H groups in total. The van der Waals surface area contributed by atoms with Gasteiger partial charge in [0.1, 0.15) is 11.5 Å². The molecule has 0 aliphatic heterocycles. The van der Waals surface area contributed by atoms with Crippen molar-refractivity contribution in [2.45, 2.75) is 12.5 Å². The van der Waals surface area contributed by atoms with Gasteiger partial charge >= 0.3 is 0 Å². The fourth-order valence-corrected chi connectivity index (χ4v) is 1.58. The molecule has 0 saturated carbocycles. The average molecular weight is 221 g/mol. The molecular weight excluding hydrogens is 202 g/mol. The molecule has 1 aromatic carbocycles. The predicted molar refractivity (Wildman–Crippen MR) is 65.4 cm³/mol. The van der Waals surface area contributed by atoms with Gasteiger partial charge in [-0.2, -0.15) is 0 Å². The first-order chi connectivity index (χ1) is 7.54. The quantitative estimate of drug-likeness (QED) is 0.772. The average Bonchev–Trinajstić information content (AvgIpc) is 2.27. The molecule has 1 atom stereocenters. The highest BCUT2D eigenvalue weighted by molar-refractivity contribution is 5.27. The molecule has 0 amide bonds. The SMILES string of the molecule is C=C(OC)[C@H](Cc1ccc(O)cc1)N(C)C. The van der Waals surface area contributed by atoms with Gasteiger partial charge in [0.25, 0.3) is 0 Å². The van der Waals surface area contributed by atoms with Gasteiger partial charge in [0, 0.05) is 0 Å². The minimum absolute atomic E-state index is 0.148. The number of hydrogen-bond acceptors (Lipinski definition) is 3. The maximum absolute atomic E-state index is 9.20. The first-order valence-electron chi connectivity index (χ1n) is 5.21. The summed E-state index contributed by atoms with van der Waals surface area (Å²) < 4.78 is 5.18. The molecule has 0 aliphatic rings. The molecule has 0 fully saturated rings. The third kappa shape index (κ3) is 3.28. The number of methoxy groups -OCH3 is 1. The van der Waals surface area contributed by atoms with Crippen LogP contribution in [0.3, 0.4) is 0 Å². The van der Waals surface area contributed by atoms with E-state index >= 15 is 0 Å². The van der Waals surface area contributed by atoms with Crippen molar-refractivity contribution in [3.05, 3.63) is 42.2 Å². The van der Waals surface area contributed by atoms with E-state index < -0.39 is 0 Å². The monoisotopic (exact) mass is 221 g/mol. The van der Waals surface area contributed by atoms with Gasteiger partial charge in [-0.05, 0) is 38.2 Å². The summed E-state index contributed by atoms with van der Waals surface area (Å²) in [5, 5.41) is 9.20. The van der Waals surface area contributed by atoms with Crippen molar-refractivity contribution in [2.75, 3.05) is 21.2 Å². The number of likely N-dealkylation sites (N-methyl/N-ethyl adjacent to an activating group) is 1. The van der Waals surface area contributed by atoms with Gasteiger partial charge in [-0.25, -0.2) is 0 Å². The van der Waals surface area contributed by atoms with Gasteiger partial charge in [0.2, 0.25) is 0 Å². The zero-order valence-corrected chi connectivity index (χ0v) is 10.1. The topological polar surface area (TPSA) is 32.7 Å². The third-order valence-electron chi connectivity index (χ3n) is 2.62. The second-order valence-electron chi connectivity index (χ2n) is 4.02. The molecule has 1 aromatic rings. The summed E-state index contributed by atoms with van der Waals surface area (Å²) in [6.07, 6.45) is 0.819. The van der Waals surface area contributed by atoms with Crippen LogP contribution in [0.5, 0.6) is 5.75 Å². The van der Waals surface area contributed by atoms with Crippen LogP contribution in [0.4, 0.5) is 0 Å². The number of phenolic OH excluding ortho intramolecular Hbond substituents is 1. The minimum atomic E-state index is 0.148. The maximum atomic E-state index is 9.20. The lowest BCUT2D eigenvalue weighted by Crippen LogP contribution is -2.32. The largest absolute Gasteiger partial charge is 0.508 e. The Morgan fingerprint density at radius 1 is 1.38 bits per heavy atom. The number of aromatic hydroxyl groups is 1. The van der Waals surface area contributed by atoms with E-state index in [9.17, 15) is 5.11 Å². The number of rotatable bonds is 5. The molecular formula is C13H19NO2. The normalized spacial score (nSPS) is 12.5. The van der Waals surface area contributed by atoms with Gasteiger partial charge in [-0.15, -0.1) is 0 Å². The fraction of sp³-hybridized carbons (Fsp3) is 0.385. The standard InChI is InChI=1S/C13H19NO2/c1-10(16-4)13(14(2)3)9-11-5-7-12(15)8-6-11/h5-8,13,15H,1,9H2,2-4H3/t13-/m0/s1. The Morgan fingerprint density at radius 2 is 1.94 bits per heavy atom. The first-order valence-corrected chi connectivity index (χ1v) is 5.21. The second kappa shape index (κ2) is 5.56. The molecule has 0 bridgehead atoms. The highest BCUT2D eigenvalue weighted by Gasteiger charge is 2.16. The summed E-state index contributed by atoms with van der Waals surface area (Å²) in [6.45, 7) is 3.90. The summed E-state index contributed by atoms with van der Waals surface area (Å²) >= 11 is 0. The number of benzene rings is 1. The summed E-state index contributed by atoms with van der Waals surface area (Å²) in [7, 11) is 5.63. The zero-order chi connectivity index (χ0) is 12.1. The lowest BCUT2D eigenvalue weighted by atomic mass is 10.0. The molecule has 16 heavy (non-hydrogen) atoms. The van der Waals surface area contributed by atoms with Crippen LogP contribution in [0.25, 0.3) is 0 Å². The minimum Gasteiger partial charge on any atom is -0.508 e. The number of hydrogen-bond donors (Lipinski definition) is 1. The Kier molecular flexibility index (Phi) is 4.38. The number of nitrogens with zero attached hydrogens (tertiary/aromatic N) is 1. The van der Waals surface area contributed by atoms with E-state index in [0.717, 1.165) is 17.7 Å². The molecule has 0 aromatic heterocycles. The van der Waals surface area contributed by atoms with Crippen molar-refractivity contribution in [1.29, 1.82) is 0 Å². The zero-order valence-electron chi connectivity index (χ0n) is 10.1. The van der Waals surface area contributed by atoms with Crippen LogP contribution in [0.15, 0.2) is 36.6 Å². The summed E-state index contributed by atoms with van der Waals surface area (Å²) in [4.78, 5) is 2.07. The van der Waals surface area contributed by atoms with Crippen molar-refractivity contribution in [1.82, 2.24) is 4.90 Å². The van der Waals surface area contributed by atoms with Crippen molar-refractivity contribution < 1.29 is 9.84 Å². The highest BCUT2D eigenvalue weighted by Crippen LogP contribution is 2.16. The van der Waals surface area contributed by atoms with Crippen LogP contribution in [-0.2, 0) is 11.2 Å². The highest BCUT2D eigenvalue weighted by atomic mass is 16.5. The smallest absolute Gasteiger partial charge is 0.115 e. The van der Waals surface area contributed by atoms with E-state index in [-0.39, 0.29) is 11.8 Å². The Hall–Kier alpha value is -1.48. The number of phenols is 1. The van der Waals surface area contributed by atoms with Gasteiger partial charge in [-0.1, -0.05) is 18.7 Å². The molecule has 0 radical (unpaired) electrons. The van der Waals surface area contributed by atoms with Crippen LogP contribution in [0.2, 0.25) is 0 Å². The number of ether oxygens (including phenoxy) is 1. The van der Waals surface area contributed by atoms with Gasteiger partial charge in [-0.3, -0.25) is 4.90 Å². The van der Waals surface area contributed by atoms with Gasteiger partial charge < -0.3 is 9.84 Å². The van der Waals surface area contributed by atoms with E-state index in [2.05, 4.69) is 11.5 Å². The van der Waals surface area contributed by atoms with Crippen LogP contribution < -0.4 is 0 Å². The lowest BCUT2D eigenvalue weighted by Gasteiger charge is -2.25. The summed E-state index contributed by atoms with van der Waals surface area (Å²) in [5.41, 5.74) is 1.15. The van der Waals surface area contributed by atoms with Crippen LogP contribution in [0, 0.1) is 0 Å². The molecule has 3 nitrogen and oxygen atoms in total. The van der Waals surface area contributed by atoms with E-state index in [1.807, 2.05) is 26.2 Å². The van der Waals surface area contributed by atoms with Crippen molar-refractivity contribution >= 4 is 0 Å². The van der Waals surface area contributed by atoms with E-state index in [1.165, 1.54) is 0 Å². The van der Waals surface area contributed by atoms with E-state index in [4.69, 9.17) is 4.74 Å². The third-order valence-corrected chi connectivity index (χ3v) is 2.62.